The van der Waals surface area contributed by atoms with E-state index in [0.29, 0.717) is 27.5 Å². The zero-order valence-electron chi connectivity index (χ0n) is 12.7. The van der Waals surface area contributed by atoms with E-state index in [-0.39, 0.29) is 28.7 Å². The van der Waals surface area contributed by atoms with Crippen LogP contribution in [0.5, 0.6) is 0 Å². The Kier molecular flexibility index (Phi) is 4.01. The lowest BCUT2D eigenvalue weighted by molar-refractivity contribution is 0.0951. The van der Waals surface area contributed by atoms with Gasteiger partial charge in [-0.3, -0.25) is 9.79 Å². The average Bonchev–Trinajstić information content (AvgIpc) is 3.16. The van der Waals surface area contributed by atoms with Crippen molar-refractivity contribution in [1.29, 1.82) is 0 Å². The van der Waals surface area contributed by atoms with Gasteiger partial charge in [0.25, 0.3) is 5.91 Å². The first kappa shape index (κ1) is 16.2. The number of thioether (sulfide) groups is 1. The highest BCUT2D eigenvalue weighted by Crippen LogP contribution is 2.35. The van der Waals surface area contributed by atoms with E-state index in [2.05, 4.69) is 15.6 Å². The van der Waals surface area contributed by atoms with Gasteiger partial charge in [0, 0.05) is 16.9 Å². The zero-order valence-corrected chi connectivity index (χ0v) is 15.0. The van der Waals surface area contributed by atoms with Gasteiger partial charge in [0.1, 0.15) is 0 Å². The third-order valence-electron chi connectivity index (χ3n) is 4.20. The SMILES string of the molecule is O=C(NC1CC1)c1ccc(Cl)c(NC2=N[C@@H]3CS(=O)(=O)C[C@@H]3S2)c1. The molecule has 0 bridgehead atoms. The monoisotopic (exact) mass is 385 g/mol. The molecule has 1 saturated heterocycles. The molecule has 1 amide bonds. The molecule has 2 N–H and O–H groups in total. The van der Waals surface area contributed by atoms with Gasteiger partial charge < -0.3 is 10.6 Å². The summed E-state index contributed by atoms with van der Waals surface area (Å²) in [6, 6.07) is 5.17. The number of halogens is 1. The van der Waals surface area contributed by atoms with E-state index in [1.807, 2.05) is 0 Å². The number of anilines is 1. The summed E-state index contributed by atoms with van der Waals surface area (Å²) in [5.74, 6) is 0.156. The second kappa shape index (κ2) is 5.93. The predicted octanol–water partition coefficient (Wildman–Crippen LogP) is 1.91. The van der Waals surface area contributed by atoms with Crippen molar-refractivity contribution < 1.29 is 13.2 Å². The number of nitrogens with zero attached hydrogens (tertiary/aromatic N) is 1. The summed E-state index contributed by atoms with van der Waals surface area (Å²) in [5.41, 5.74) is 1.15. The van der Waals surface area contributed by atoms with Crippen LogP contribution in [-0.4, -0.2) is 48.3 Å². The fourth-order valence-corrected chi connectivity index (χ4v) is 6.62. The van der Waals surface area contributed by atoms with Gasteiger partial charge >= 0.3 is 0 Å². The molecule has 0 aromatic heterocycles. The molecule has 2 fully saturated rings. The van der Waals surface area contributed by atoms with Crippen molar-refractivity contribution in [2.24, 2.45) is 4.99 Å². The minimum atomic E-state index is -2.97. The van der Waals surface area contributed by atoms with Crippen molar-refractivity contribution in [3.63, 3.8) is 0 Å². The zero-order chi connectivity index (χ0) is 16.9. The van der Waals surface area contributed by atoms with Crippen molar-refractivity contribution >= 4 is 50.0 Å². The number of nitrogens with one attached hydrogen (secondary N) is 2. The van der Waals surface area contributed by atoms with Crippen LogP contribution in [0.2, 0.25) is 5.02 Å². The predicted molar refractivity (Wildman–Crippen MR) is 96.8 cm³/mol. The highest BCUT2D eigenvalue weighted by molar-refractivity contribution is 8.15. The van der Waals surface area contributed by atoms with Gasteiger partial charge in [-0.15, -0.1) is 0 Å². The van der Waals surface area contributed by atoms with Crippen molar-refractivity contribution in [3.05, 3.63) is 28.8 Å². The Morgan fingerprint density at radius 2 is 2.08 bits per heavy atom. The number of fused-ring (bicyclic) bond motifs is 1. The van der Waals surface area contributed by atoms with E-state index in [9.17, 15) is 13.2 Å². The molecule has 24 heavy (non-hydrogen) atoms. The van der Waals surface area contributed by atoms with Gasteiger partial charge in [-0.25, -0.2) is 8.42 Å². The Morgan fingerprint density at radius 3 is 2.79 bits per heavy atom. The molecule has 2 aliphatic heterocycles. The highest BCUT2D eigenvalue weighted by atomic mass is 35.5. The fourth-order valence-electron chi connectivity index (χ4n) is 2.79. The maximum atomic E-state index is 12.1. The number of carbonyl (C=O) groups is 1. The maximum absolute atomic E-state index is 12.1. The smallest absolute Gasteiger partial charge is 0.251 e. The summed E-state index contributed by atoms with van der Waals surface area (Å²) >= 11 is 7.63. The lowest BCUT2D eigenvalue weighted by Gasteiger charge is -2.11. The number of amides is 1. The van der Waals surface area contributed by atoms with E-state index in [1.165, 1.54) is 11.8 Å². The number of rotatable bonds is 3. The van der Waals surface area contributed by atoms with Gasteiger partial charge in [0.2, 0.25) is 0 Å². The molecule has 0 spiro atoms. The Labute approximate surface area is 149 Å². The molecule has 6 nitrogen and oxygen atoms in total. The highest BCUT2D eigenvalue weighted by Gasteiger charge is 2.42. The summed E-state index contributed by atoms with van der Waals surface area (Å²) in [7, 11) is -2.97. The summed E-state index contributed by atoms with van der Waals surface area (Å²) in [6.45, 7) is 0. The van der Waals surface area contributed by atoms with E-state index in [1.54, 1.807) is 18.2 Å². The summed E-state index contributed by atoms with van der Waals surface area (Å²) in [5, 5.41) is 7.19. The first-order valence-electron chi connectivity index (χ1n) is 7.72. The molecule has 0 unspecified atom stereocenters. The van der Waals surface area contributed by atoms with Crippen LogP contribution in [0.1, 0.15) is 23.2 Å². The summed E-state index contributed by atoms with van der Waals surface area (Å²) in [6.07, 6.45) is 2.06. The third kappa shape index (κ3) is 3.41. The van der Waals surface area contributed by atoms with E-state index >= 15 is 0 Å². The fraction of sp³-hybridized carbons (Fsp3) is 0.467. The number of hydrogen-bond acceptors (Lipinski definition) is 6. The minimum absolute atomic E-state index is 0.0300. The Morgan fingerprint density at radius 1 is 1.29 bits per heavy atom. The Bertz CT molecular complexity index is 836. The molecule has 1 aromatic carbocycles. The van der Waals surface area contributed by atoms with Crippen LogP contribution in [0.3, 0.4) is 0 Å². The first-order chi connectivity index (χ1) is 11.4. The standard InChI is InChI=1S/C15H16ClN3O3S2/c16-10-4-1-8(14(20)17-9-2-3-9)5-11(10)18-15-19-12-6-24(21,22)7-13(12)23-15/h1,4-5,9,12-13H,2-3,6-7H2,(H,17,20)(H,18,19)/t12-,13+/m1/s1. The molecule has 1 saturated carbocycles. The number of carbonyl (C=O) groups excluding carboxylic acids is 1. The van der Waals surface area contributed by atoms with Crippen molar-refractivity contribution in [1.82, 2.24) is 5.32 Å². The second-order valence-corrected chi connectivity index (χ2v) is 10.1. The number of hydrogen-bond donors (Lipinski definition) is 2. The molecule has 9 heteroatoms. The molecular weight excluding hydrogens is 370 g/mol. The molecule has 128 valence electrons. The Hall–Kier alpha value is -1.25. The summed E-state index contributed by atoms with van der Waals surface area (Å²) in [4.78, 5) is 16.6. The largest absolute Gasteiger partial charge is 0.349 e. The molecule has 3 aliphatic rings. The molecule has 1 aliphatic carbocycles. The summed E-state index contributed by atoms with van der Waals surface area (Å²) < 4.78 is 23.2. The van der Waals surface area contributed by atoms with Crippen LogP contribution in [0.15, 0.2) is 23.2 Å². The molecule has 0 radical (unpaired) electrons. The molecule has 4 rings (SSSR count). The van der Waals surface area contributed by atoms with Crippen LogP contribution in [-0.2, 0) is 9.84 Å². The van der Waals surface area contributed by atoms with E-state index in [4.69, 9.17) is 11.6 Å². The number of sulfone groups is 1. The normalized spacial score (nSPS) is 27.5. The quantitative estimate of drug-likeness (QED) is 0.829. The second-order valence-electron chi connectivity index (χ2n) is 6.30. The van der Waals surface area contributed by atoms with Gasteiger partial charge in [-0.1, -0.05) is 23.4 Å². The third-order valence-corrected chi connectivity index (χ3v) is 7.67. The van der Waals surface area contributed by atoms with Crippen LogP contribution in [0, 0.1) is 0 Å². The lowest BCUT2D eigenvalue weighted by Crippen LogP contribution is -2.25. The minimum Gasteiger partial charge on any atom is -0.349 e. The maximum Gasteiger partial charge on any atom is 0.251 e. The number of benzene rings is 1. The van der Waals surface area contributed by atoms with Crippen molar-refractivity contribution in [3.8, 4) is 0 Å². The topological polar surface area (TPSA) is 87.6 Å². The number of amidine groups is 1. The molecular formula is C15H16ClN3O3S2. The van der Waals surface area contributed by atoms with Crippen LogP contribution < -0.4 is 10.6 Å². The van der Waals surface area contributed by atoms with Gasteiger partial charge in [-0.2, -0.15) is 0 Å². The number of aliphatic imine (C=N–C) groups is 1. The van der Waals surface area contributed by atoms with Gasteiger partial charge in [0.15, 0.2) is 15.0 Å². The molecule has 2 atom stereocenters. The van der Waals surface area contributed by atoms with Gasteiger partial charge in [0.05, 0.1) is 28.3 Å². The van der Waals surface area contributed by atoms with Crippen molar-refractivity contribution in [2.45, 2.75) is 30.2 Å². The van der Waals surface area contributed by atoms with Gasteiger partial charge in [-0.05, 0) is 31.0 Å². The van der Waals surface area contributed by atoms with Crippen LogP contribution in [0.4, 0.5) is 5.69 Å². The van der Waals surface area contributed by atoms with Crippen LogP contribution in [0.25, 0.3) is 0 Å². The average molecular weight is 386 g/mol. The first-order valence-corrected chi connectivity index (χ1v) is 10.8. The van der Waals surface area contributed by atoms with E-state index < -0.39 is 9.84 Å². The van der Waals surface area contributed by atoms with E-state index in [0.717, 1.165) is 12.8 Å². The molecule has 2 heterocycles. The molecule has 1 aromatic rings. The lowest BCUT2D eigenvalue weighted by atomic mass is 10.2. The van der Waals surface area contributed by atoms with Crippen molar-refractivity contribution in [2.75, 3.05) is 16.8 Å². The Balaban J connectivity index is 1.49. The van der Waals surface area contributed by atoms with Crippen LogP contribution >= 0.6 is 23.4 Å².